The Bertz CT molecular complexity index is 1370. The molecule has 0 spiro atoms. The summed E-state index contributed by atoms with van der Waals surface area (Å²) in [6.07, 6.45) is -1.69. The second-order valence-corrected chi connectivity index (χ2v) is 12.3. The standard InChI is InChI=1S/C35H39NO7/c1-35(2)42-27-22-41-32(31(27)43-35)28-29-33(40-20-25-16-10-5-11-17-25)30(39-19-24-14-8-4-9-15-24)26(36(29)34(28)37)21-38-18-23-12-6-3-7-13-23/h3-17,26-33H,18-22H2,1-2H3/t26-,27+,28+,29-,30+,31+,32+,33-/m0/s1. The maximum Gasteiger partial charge on any atom is 0.231 e. The molecule has 0 N–H and O–H groups in total. The van der Waals surface area contributed by atoms with Gasteiger partial charge >= 0.3 is 0 Å². The number of hydrogen-bond donors (Lipinski definition) is 0. The van der Waals surface area contributed by atoms with Crippen LogP contribution >= 0.6 is 0 Å². The van der Waals surface area contributed by atoms with Crippen molar-refractivity contribution < 1.29 is 33.2 Å². The average Bonchev–Trinajstić information content (AvgIpc) is 3.63. The highest BCUT2D eigenvalue weighted by atomic mass is 16.8. The molecule has 4 saturated heterocycles. The summed E-state index contributed by atoms with van der Waals surface area (Å²) in [6, 6.07) is 29.7. The summed E-state index contributed by atoms with van der Waals surface area (Å²) in [4.78, 5) is 16.0. The molecular weight excluding hydrogens is 546 g/mol. The zero-order valence-electron chi connectivity index (χ0n) is 24.6. The van der Waals surface area contributed by atoms with Crippen molar-refractivity contribution in [2.24, 2.45) is 5.92 Å². The second-order valence-electron chi connectivity index (χ2n) is 12.3. The van der Waals surface area contributed by atoms with Gasteiger partial charge in [-0.1, -0.05) is 91.0 Å². The first-order chi connectivity index (χ1) is 21.0. The Hall–Kier alpha value is -3.11. The van der Waals surface area contributed by atoms with Crippen molar-refractivity contribution in [3.05, 3.63) is 108 Å². The lowest BCUT2D eigenvalue weighted by Gasteiger charge is -2.49. The van der Waals surface area contributed by atoms with Crippen molar-refractivity contribution in [1.29, 1.82) is 0 Å². The summed E-state index contributed by atoms with van der Waals surface area (Å²) in [5.74, 6) is -1.11. The maximum absolute atomic E-state index is 14.0. The minimum atomic E-state index is -0.710. The van der Waals surface area contributed by atoms with Crippen LogP contribution in [0.25, 0.3) is 0 Å². The topological polar surface area (TPSA) is 75.7 Å². The number of hydrogen-bond acceptors (Lipinski definition) is 7. The molecule has 8 atom stereocenters. The third-order valence-corrected chi connectivity index (χ3v) is 8.95. The van der Waals surface area contributed by atoms with Gasteiger partial charge in [0.15, 0.2) is 5.79 Å². The number of carbonyl (C=O) groups is 1. The molecule has 8 heteroatoms. The van der Waals surface area contributed by atoms with Crippen LogP contribution in [0.4, 0.5) is 0 Å². The summed E-state index contributed by atoms with van der Waals surface area (Å²) in [5.41, 5.74) is 3.20. The Morgan fingerprint density at radius 2 is 1.30 bits per heavy atom. The second kappa shape index (κ2) is 12.1. The van der Waals surface area contributed by atoms with Crippen molar-refractivity contribution in [2.45, 2.75) is 82.1 Å². The fraction of sp³-hybridized carbons (Fsp3) is 0.457. The maximum atomic E-state index is 14.0. The lowest BCUT2D eigenvalue weighted by molar-refractivity contribution is -0.201. The molecule has 4 heterocycles. The quantitative estimate of drug-likeness (QED) is 0.307. The third-order valence-electron chi connectivity index (χ3n) is 8.95. The molecule has 8 nitrogen and oxygen atoms in total. The monoisotopic (exact) mass is 585 g/mol. The largest absolute Gasteiger partial charge is 0.375 e. The van der Waals surface area contributed by atoms with Crippen molar-refractivity contribution in [2.75, 3.05) is 13.2 Å². The number of carbonyl (C=O) groups excluding carboxylic acids is 1. The summed E-state index contributed by atoms with van der Waals surface area (Å²) in [7, 11) is 0. The van der Waals surface area contributed by atoms with Gasteiger partial charge in [-0.05, 0) is 30.5 Å². The van der Waals surface area contributed by atoms with Gasteiger partial charge in [0, 0.05) is 0 Å². The van der Waals surface area contributed by atoms with Crippen molar-refractivity contribution in [3.8, 4) is 0 Å². The molecule has 43 heavy (non-hydrogen) atoms. The van der Waals surface area contributed by atoms with Gasteiger partial charge in [-0.3, -0.25) is 4.79 Å². The number of amides is 1. The highest BCUT2D eigenvalue weighted by Gasteiger charge is 2.69. The molecule has 3 aromatic rings. The Kier molecular flexibility index (Phi) is 8.07. The van der Waals surface area contributed by atoms with Crippen LogP contribution in [-0.4, -0.2) is 72.4 Å². The summed E-state index contributed by atoms with van der Waals surface area (Å²) >= 11 is 0. The Balaban J connectivity index is 1.16. The summed E-state index contributed by atoms with van der Waals surface area (Å²) in [6.45, 7) is 5.81. The lowest BCUT2D eigenvalue weighted by Crippen LogP contribution is -2.68. The number of fused-ring (bicyclic) bond motifs is 2. The summed E-state index contributed by atoms with van der Waals surface area (Å²) in [5, 5.41) is 0. The Morgan fingerprint density at radius 1 is 0.744 bits per heavy atom. The van der Waals surface area contributed by atoms with E-state index in [-0.39, 0.29) is 36.3 Å². The van der Waals surface area contributed by atoms with Crippen LogP contribution < -0.4 is 0 Å². The molecule has 0 radical (unpaired) electrons. The molecule has 226 valence electrons. The van der Waals surface area contributed by atoms with E-state index in [2.05, 4.69) is 0 Å². The third kappa shape index (κ3) is 5.76. The number of β-lactam (4-membered cyclic amide) rings is 1. The zero-order valence-corrected chi connectivity index (χ0v) is 24.6. The molecule has 7 rings (SSSR count). The van der Waals surface area contributed by atoms with Crippen LogP contribution in [-0.2, 0) is 53.0 Å². The fourth-order valence-corrected chi connectivity index (χ4v) is 7.07. The van der Waals surface area contributed by atoms with Gasteiger partial charge in [-0.25, -0.2) is 0 Å². The molecule has 0 bridgehead atoms. The molecule has 4 aliphatic rings. The fourth-order valence-electron chi connectivity index (χ4n) is 7.07. The van der Waals surface area contributed by atoms with Crippen LogP contribution in [0, 0.1) is 5.92 Å². The number of rotatable bonds is 11. The van der Waals surface area contributed by atoms with Gasteiger partial charge in [0.05, 0.1) is 51.0 Å². The molecule has 0 aromatic heterocycles. The zero-order chi connectivity index (χ0) is 29.4. The minimum absolute atomic E-state index is 0.0244. The van der Waals surface area contributed by atoms with E-state index in [4.69, 9.17) is 28.4 Å². The normalized spacial score (nSPS) is 32.4. The molecule has 0 unspecified atom stereocenters. The summed E-state index contributed by atoms with van der Waals surface area (Å²) < 4.78 is 38.2. The molecule has 4 aliphatic heterocycles. The average molecular weight is 586 g/mol. The van der Waals surface area contributed by atoms with E-state index in [9.17, 15) is 4.79 Å². The van der Waals surface area contributed by atoms with Gasteiger partial charge in [0.2, 0.25) is 5.91 Å². The van der Waals surface area contributed by atoms with E-state index >= 15 is 0 Å². The smallest absolute Gasteiger partial charge is 0.231 e. The molecule has 3 aromatic carbocycles. The SMILES string of the molecule is CC1(C)O[C@H]2[C@@H]([C@@H]3C(=O)N4[C@@H]3[C@H](OCc3ccccc3)[C@H](OCc3ccccc3)[C@@H]4COCc3ccccc3)OC[C@H]2O1. The number of ether oxygens (including phenoxy) is 6. The lowest BCUT2D eigenvalue weighted by atomic mass is 9.79. The van der Waals surface area contributed by atoms with Crippen molar-refractivity contribution in [3.63, 3.8) is 0 Å². The predicted octanol–water partition coefficient (Wildman–Crippen LogP) is 4.50. The van der Waals surface area contributed by atoms with Gasteiger partial charge in [-0.15, -0.1) is 0 Å². The minimum Gasteiger partial charge on any atom is -0.375 e. The van der Waals surface area contributed by atoms with Crippen LogP contribution in [0.15, 0.2) is 91.0 Å². The van der Waals surface area contributed by atoms with E-state index in [1.807, 2.05) is 110 Å². The van der Waals surface area contributed by atoms with Crippen LogP contribution in [0.1, 0.15) is 30.5 Å². The van der Waals surface area contributed by atoms with Crippen molar-refractivity contribution in [1.82, 2.24) is 4.90 Å². The predicted molar refractivity (Wildman–Crippen MR) is 158 cm³/mol. The van der Waals surface area contributed by atoms with E-state index in [1.54, 1.807) is 0 Å². The van der Waals surface area contributed by atoms with Gasteiger partial charge in [-0.2, -0.15) is 0 Å². The van der Waals surface area contributed by atoms with E-state index in [0.717, 1.165) is 16.7 Å². The Morgan fingerprint density at radius 3 is 1.91 bits per heavy atom. The first-order valence-electron chi connectivity index (χ1n) is 15.2. The van der Waals surface area contributed by atoms with E-state index in [0.29, 0.717) is 33.0 Å². The van der Waals surface area contributed by atoms with Gasteiger partial charge in [0.1, 0.15) is 30.5 Å². The highest BCUT2D eigenvalue weighted by molar-refractivity contribution is 5.88. The van der Waals surface area contributed by atoms with Crippen molar-refractivity contribution >= 4 is 5.91 Å². The van der Waals surface area contributed by atoms with E-state index in [1.165, 1.54) is 0 Å². The van der Waals surface area contributed by atoms with Crippen LogP contribution in [0.2, 0.25) is 0 Å². The Labute approximate surface area is 252 Å². The van der Waals surface area contributed by atoms with Gasteiger partial charge < -0.3 is 33.3 Å². The molecule has 0 saturated carbocycles. The van der Waals surface area contributed by atoms with E-state index < -0.39 is 23.9 Å². The molecule has 0 aliphatic carbocycles. The van der Waals surface area contributed by atoms with Crippen LogP contribution in [0.3, 0.4) is 0 Å². The first kappa shape index (κ1) is 28.6. The molecule has 4 fully saturated rings. The number of nitrogens with zero attached hydrogens (tertiary/aromatic N) is 1. The molecule has 1 amide bonds. The molecular formula is C35H39NO7. The van der Waals surface area contributed by atoms with Crippen LogP contribution in [0.5, 0.6) is 0 Å². The highest BCUT2D eigenvalue weighted by Crippen LogP contribution is 2.49. The first-order valence-corrected chi connectivity index (χ1v) is 15.2. The number of benzene rings is 3. The van der Waals surface area contributed by atoms with Gasteiger partial charge in [0.25, 0.3) is 0 Å².